The molecular formula is C21H27N7OS. The topological polar surface area (TPSA) is 79.3 Å². The van der Waals surface area contributed by atoms with Gasteiger partial charge in [-0.1, -0.05) is 0 Å². The van der Waals surface area contributed by atoms with Crippen LogP contribution in [0.4, 0.5) is 11.6 Å². The van der Waals surface area contributed by atoms with Crippen LogP contribution in [0, 0.1) is 0 Å². The molecule has 0 bridgehead atoms. The molecule has 0 saturated carbocycles. The van der Waals surface area contributed by atoms with E-state index in [4.69, 9.17) is 9.72 Å². The first-order valence-corrected chi connectivity index (χ1v) is 12.0. The third-order valence-electron chi connectivity index (χ3n) is 6.55. The van der Waals surface area contributed by atoms with Crippen molar-refractivity contribution in [1.82, 2.24) is 25.7 Å². The second kappa shape index (κ2) is 7.86. The van der Waals surface area contributed by atoms with Crippen molar-refractivity contribution in [1.29, 1.82) is 0 Å². The summed E-state index contributed by atoms with van der Waals surface area (Å²) in [5.41, 5.74) is 3.87. The highest BCUT2D eigenvalue weighted by Crippen LogP contribution is 2.43. The van der Waals surface area contributed by atoms with Gasteiger partial charge in [-0.3, -0.25) is 0 Å². The van der Waals surface area contributed by atoms with Crippen LogP contribution in [0.3, 0.4) is 0 Å². The Kier molecular flexibility index (Phi) is 4.89. The minimum atomic E-state index is 0.781. The molecular weight excluding hydrogens is 398 g/mol. The van der Waals surface area contributed by atoms with Crippen LogP contribution in [0.25, 0.3) is 20.4 Å². The molecule has 0 atom stereocenters. The van der Waals surface area contributed by atoms with Crippen LogP contribution in [-0.2, 0) is 17.6 Å². The largest absolute Gasteiger partial charge is 0.378 e. The Morgan fingerprint density at radius 2 is 1.67 bits per heavy atom. The summed E-state index contributed by atoms with van der Waals surface area (Å²) < 4.78 is 6.73. The van der Waals surface area contributed by atoms with Gasteiger partial charge in [-0.2, -0.15) is 0 Å². The van der Waals surface area contributed by atoms with Crippen LogP contribution >= 0.6 is 11.3 Å². The molecule has 30 heavy (non-hydrogen) atoms. The van der Waals surface area contributed by atoms with Crippen molar-refractivity contribution >= 4 is 43.4 Å². The molecule has 8 nitrogen and oxygen atoms in total. The summed E-state index contributed by atoms with van der Waals surface area (Å²) in [6.07, 6.45) is 5.79. The van der Waals surface area contributed by atoms with E-state index in [0.717, 1.165) is 92.6 Å². The Bertz CT molecular complexity index is 1070. The fourth-order valence-electron chi connectivity index (χ4n) is 5.06. The minimum Gasteiger partial charge on any atom is -0.378 e. The molecule has 0 spiro atoms. The maximum atomic E-state index is 5.59. The Hall–Kier alpha value is -2.10. The molecule has 3 aliphatic rings. The van der Waals surface area contributed by atoms with E-state index in [1.54, 1.807) is 11.3 Å². The van der Waals surface area contributed by atoms with E-state index in [1.807, 2.05) is 0 Å². The fraction of sp³-hybridized carbons (Fsp3) is 0.619. The monoisotopic (exact) mass is 425 g/mol. The smallest absolute Gasteiger partial charge is 0.172 e. The third-order valence-corrected chi connectivity index (χ3v) is 7.62. The van der Waals surface area contributed by atoms with Crippen molar-refractivity contribution in [2.45, 2.75) is 32.1 Å². The lowest BCUT2D eigenvalue weighted by Crippen LogP contribution is -2.37. The zero-order chi connectivity index (χ0) is 19.9. The lowest BCUT2D eigenvalue weighted by molar-refractivity contribution is 0.122. The number of nitrogens with one attached hydrogen (secondary N) is 1. The van der Waals surface area contributed by atoms with Gasteiger partial charge in [0.2, 0.25) is 0 Å². The Labute approximate surface area is 179 Å². The summed E-state index contributed by atoms with van der Waals surface area (Å²) in [5, 5.41) is 17.9. The van der Waals surface area contributed by atoms with Gasteiger partial charge < -0.3 is 19.9 Å². The van der Waals surface area contributed by atoms with Crippen LogP contribution in [0.1, 0.15) is 30.4 Å². The van der Waals surface area contributed by atoms with E-state index in [2.05, 4.69) is 30.5 Å². The van der Waals surface area contributed by atoms with Crippen molar-refractivity contribution in [3.63, 3.8) is 0 Å². The molecule has 1 aliphatic carbocycles. The van der Waals surface area contributed by atoms with Crippen molar-refractivity contribution in [2.75, 3.05) is 62.3 Å². The van der Waals surface area contributed by atoms with Crippen LogP contribution in [0.2, 0.25) is 0 Å². The van der Waals surface area contributed by atoms with Crippen LogP contribution in [0.15, 0.2) is 0 Å². The molecule has 158 valence electrons. The Morgan fingerprint density at radius 3 is 2.57 bits per heavy atom. The van der Waals surface area contributed by atoms with Gasteiger partial charge in [0.1, 0.15) is 20.9 Å². The van der Waals surface area contributed by atoms with E-state index in [-0.39, 0.29) is 0 Å². The van der Waals surface area contributed by atoms with Crippen LogP contribution in [-0.4, -0.2) is 72.9 Å². The molecule has 9 heteroatoms. The van der Waals surface area contributed by atoms with Crippen LogP contribution in [0.5, 0.6) is 0 Å². The lowest BCUT2D eigenvalue weighted by atomic mass is 9.90. The zero-order valence-electron chi connectivity index (χ0n) is 17.2. The second-order valence-electron chi connectivity index (χ2n) is 8.36. The molecule has 0 radical (unpaired) electrons. The highest BCUT2D eigenvalue weighted by Gasteiger charge is 2.27. The number of nitrogens with zero attached hydrogens (tertiary/aromatic N) is 6. The minimum absolute atomic E-state index is 0.781. The second-order valence-corrected chi connectivity index (χ2v) is 9.36. The predicted octanol–water partition coefficient (Wildman–Crippen LogP) is 2.15. The maximum Gasteiger partial charge on any atom is 0.172 e. The molecule has 0 amide bonds. The standard InChI is InChI=1S/C21H27N7OS/c1-2-5-15-14(4-1)16-17-18(20(25-26-24-17)27-8-3-6-22-7-9-27)30-21(16)23-19(15)28-10-12-29-13-11-28/h22H,1-13H2. The van der Waals surface area contributed by atoms with Gasteiger partial charge in [0.05, 0.1) is 13.2 Å². The number of fused-ring (bicyclic) bond motifs is 5. The molecule has 2 saturated heterocycles. The van der Waals surface area contributed by atoms with Crippen molar-refractivity contribution in [2.24, 2.45) is 0 Å². The SMILES string of the molecule is C1CCc2c(c(N3CCOCC3)nc3sc4c(N5CCCNCC5)nnnc4c23)C1. The number of aryl methyl sites for hydroxylation is 1. The molecule has 3 aromatic rings. The number of pyridine rings is 1. The van der Waals surface area contributed by atoms with E-state index in [9.17, 15) is 0 Å². The van der Waals surface area contributed by atoms with Gasteiger partial charge in [0.15, 0.2) is 5.82 Å². The Balaban J connectivity index is 1.55. The summed E-state index contributed by atoms with van der Waals surface area (Å²) in [7, 11) is 0. The summed E-state index contributed by atoms with van der Waals surface area (Å²) in [6.45, 7) is 7.39. The lowest BCUT2D eigenvalue weighted by Gasteiger charge is -2.31. The number of aromatic nitrogens is 4. The number of morpholine rings is 1. The highest BCUT2D eigenvalue weighted by atomic mass is 32.1. The van der Waals surface area contributed by atoms with E-state index in [1.165, 1.54) is 35.2 Å². The van der Waals surface area contributed by atoms with Gasteiger partial charge in [-0.25, -0.2) is 4.98 Å². The molecule has 2 aliphatic heterocycles. The van der Waals surface area contributed by atoms with E-state index < -0.39 is 0 Å². The summed E-state index contributed by atoms with van der Waals surface area (Å²) in [4.78, 5) is 11.1. The van der Waals surface area contributed by atoms with Crippen molar-refractivity contribution in [3.05, 3.63) is 11.1 Å². The molecule has 0 unspecified atom stereocenters. The predicted molar refractivity (Wildman–Crippen MR) is 120 cm³/mol. The van der Waals surface area contributed by atoms with Gasteiger partial charge in [-0.05, 0) is 55.0 Å². The number of hydrogen-bond acceptors (Lipinski definition) is 9. The molecule has 2 fully saturated rings. The van der Waals surface area contributed by atoms with Gasteiger partial charge >= 0.3 is 0 Å². The van der Waals surface area contributed by atoms with Crippen molar-refractivity contribution in [3.8, 4) is 0 Å². The van der Waals surface area contributed by atoms with E-state index in [0.29, 0.717) is 0 Å². The molecule has 6 rings (SSSR count). The normalized spacial score (nSPS) is 20.5. The van der Waals surface area contributed by atoms with E-state index >= 15 is 0 Å². The molecule has 5 heterocycles. The summed E-state index contributed by atoms with van der Waals surface area (Å²) in [6, 6.07) is 0. The molecule has 1 N–H and O–H groups in total. The first-order chi connectivity index (χ1) is 14.9. The van der Waals surface area contributed by atoms with Gasteiger partial charge in [0, 0.05) is 38.1 Å². The maximum absolute atomic E-state index is 5.59. The van der Waals surface area contributed by atoms with Gasteiger partial charge in [-0.15, -0.1) is 21.5 Å². The van der Waals surface area contributed by atoms with Crippen molar-refractivity contribution < 1.29 is 4.74 Å². The highest BCUT2D eigenvalue weighted by molar-refractivity contribution is 7.26. The third kappa shape index (κ3) is 3.11. The quantitative estimate of drug-likeness (QED) is 0.669. The number of anilines is 2. The average Bonchev–Trinajstić information content (AvgIpc) is 2.98. The first kappa shape index (κ1) is 18.7. The number of thiophene rings is 1. The summed E-state index contributed by atoms with van der Waals surface area (Å²) >= 11 is 1.74. The zero-order valence-corrected chi connectivity index (χ0v) is 18.0. The van der Waals surface area contributed by atoms with Gasteiger partial charge in [0.25, 0.3) is 0 Å². The molecule has 3 aromatic heterocycles. The fourth-order valence-corrected chi connectivity index (χ4v) is 6.20. The first-order valence-electron chi connectivity index (χ1n) is 11.2. The Morgan fingerprint density at radius 1 is 0.833 bits per heavy atom. The average molecular weight is 426 g/mol. The number of ether oxygens (including phenoxy) is 1. The number of rotatable bonds is 2. The summed E-state index contributed by atoms with van der Waals surface area (Å²) in [5.74, 6) is 2.15. The van der Waals surface area contributed by atoms with Crippen LogP contribution < -0.4 is 15.1 Å². The number of hydrogen-bond donors (Lipinski definition) is 1. The molecule has 0 aromatic carbocycles.